The second-order valence-electron chi connectivity index (χ2n) is 6.50. The van der Waals surface area contributed by atoms with Gasteiger partial charge in [0.1, 0.15) is 0 Å². The summed E-state index contributed by atoms with van der Waals surface area (Å²) in [4.78, 5) is 0. The molecule has 0 saturated heterocycles. The summed E-state index contributed by atoms with van der Waals surface area (Å²) >= 11 is 0. The van der Waals surface area contributed by atoms with Crippen LogP contribution in [0.4, 0.5) is 0 Å². The SMILES string of the molecule is CCCC1CCC(CCC(C)CCCCOC)C1. The van der Waals surface area contributed by atoms with Crippen molar-refractivity contribution in [2.75, 3.05) is 13.7 Å². The first-order valence-corrected chi connectivity index (χ1v) is 8.25. The van der Waals surface area contributed by atoms with Crippen molar-refractivity contribution in [3.8, 4) is 0 Å². The van der Waals surface area contributed by atoms with E-state index in [1.807, 2.05) is 0 Å². The molecule has 1 nitrogen and oxygen atoms in total. The second kappa shape index (κ2) is 9.83. The lowest BCUT2D eigenvalue weighted by Crippen LogP contribution is -2.02. The van der Waals surface area contributed by atoms with E-state index >= 15 is 0 Å². The normalized spacial score (nSPS) is 25.5. The molecule has 0 radical (unpaired) electrons. The first kappa shape index (κ1) is 16.0. The van der Waals surface area contributed by atoms with Gasteiger partial charge < -0.3 is 4.74 Å². The van der Waals surface area contributed by atoms with Crippen molar-refractivity contribution < 1.29 is 4.74 Å². The van der Waals surface area contributed by atoms with Crippen LogP contribution in [-0.2, 0) is 4.74 Å². The fraction of sp³-hybridized carbons (Fsp3) is 1.00. The van der Waals surface area contributed by atoms with Crippen LogP contribution in [0.25, 0.3) is 0 Å². The first-order valence-electron chi connectivity index (χ1n) is 8.25. The van der Waals surface area contributed by atoms with E-state index in [1.165, 1.54) is 64.2 Å². The predicted molar refractivity (Wildman–Crippen MR) is 79.9 cm³/mol. The van der Waals surface area contributed by atoms with Gasteiger partial charge in [0, 0.05) is 13.7 Å². The van der Waals surface area contributed by atoms with Gasteiger partial charge in [0.25, 0.3) is 0 Å². The Hall–Kier alpha value is -0.0400. The summed E-state index contributed by atoms with van der Waals surface area (Å²) in [6.07, 6.45) is 14.3. The summed E-state index contributed by atoms with van der Waals surface area (Å²) in [6.45, 7) is 5.70. The van der Waals surface area contributed by atoms with E-state index in [1.54, 1.807) is 7.11 Å². The third-order valence-electron chi connectivity index (χ3n) is 4.71. The molecular formula is C17H34O. The van der Waals surface area contributed by atoms with Gasteiger partial charge in [-0.15, -0.1) is 0 Å². The standard InChI is InChI=1S/C17H34O/c1-4-7-16-11-12-17(14-16)10-9-15(2)8-5-6-13-18-3/h15-17H,4-14H2,1-3H3. The van der Waals surface area contributed by atoms with Gasteiger partial charge in [0.2, 0.25) is 0 Å². The van der Waals surface area contributed by atoms with Gasteiger partial charge in [-0.25, -0.2) is 0 Å². The molecule has 0 heterocycles. The number of hydrogen-bond donors (Lipinski definition) is 0. The predicted octanol–water partition coefficient (Wildman–Crippen LogP) is 5.44. The van der Waals surface area contributed by atoms with E-state index in [-0.39, 0.29) is 0 Å². The minimum absolute atomic E-state index is 0.923. The maximum absolute atomic E-state index is 5.10. The molecule has 0 bridgehead atoms. The molecule has 0 aliphatic heterocycles. The van der Waals surface area contributed by atoms with E-state index < -0.39 is 0 Å². The Morgan fingerprint density at radius 3 is 2.44 bits per heavy atom. The van der Waals surface area contributed by atoms with Gasteiger partial charge in [0.05, 0.1) is 0 Å². The Morgan fingerprint density at radius 1 is 1.06 bits per heavy atom. The first-order chi connectivity index (χ1) is 8.76. The van der Waals surface area contributed by atoms with Crippen molar-refractivity contribution in [1.29, 1.82) is 0 Å². The van der Waals surface area contributed by atoms with Crippen molar-refractivity contribution in [2.24, 2.45) is 17.8 Å². The van der Waals surface area contributed by atoms with Crippen molar-refractivity contribution in [1.82, 2.24) is 0 Å². The summed E-state index contributed by atoms with van der Waals surface area (Å²) in [6, 6.07) is 0. The zero-order valence-corrected chi connectivity index (χ0v) is 12.9. The summed E-state index contributed by atoms with van der Waals surface area (Å²) < 4.78 is 5.10. The minimum atomic E-state index is 0.923. The lowest BCUT2D eigenvalue weighted by molar-refractivity contribution is 0.190. The molecule has 1 aliphatic rings. The molecule has 3 atom stereocenters. The Kier molecular flexibility index (Phi) is 8.75. The van der Waals surface area contributed by atoms with Crippen molar-refractivity contribution in [3.63, 3.8) is 0 Å². The molecule has 108 valence electrons. The van der Waals surface area contributed by atoms with E-state index in [9.17, 15) is 0 Å². The van der Waals surface area contributed by atoms with Gasteiger partial charge in [-0.3, -0.25) is 0 Å². The van der Waals surface area contributed by atoms with Gasteiger partial charge in [-0.05, 0) is 30.6 Å². The highest BCUT2D eigenvalue weighted by Gasteiger charge is 2.23. The van der Waals surface area contributed by atoms with Crippen LogP contribution in [0.5, 0.6) is 0 Å². The number of unbranched alkanes of at least 4 members (excludes halogenated alkanes) is 1. The fourth-order valence-electron chi connectivity index (χ4n) is 3.51. The highest BCUT2D eigenvalue weighted by Crippen LogP contribution is 2.37. The molecule has 1 rings (SSSR count). The topological polar surface area (TPSA) is 9.23 Å². The van der Waals surface area contributed by atoms with Gasteiger partial charge in [-0.1, -0.05) is 65.2 Å². The molecule has 1 fully saturated rings. The summed E-state index contributed by atoms with van der Waals surface area (Å²) in [7, 11) is 1.80. The van der Waals surface area contributed by atoms with E-state index in [2.05, 4.69) is 13.8 Å². The Bertz CT molecular complexity index is 190. The van der Waals surface area contributed by atoms with Crippen LogP contribution in [-0.4, -0.2) is 13.7 Å². The molecule has 1 saturated carbocycles. The van der Waals surface area contributed by atoms with Crippen LogP contribution in [0.3, 0.4) is 0 Å². The van der Waals surface area contributed by atoms with Crippen LogP contribution in [0.15, 0.2) is 0 Å². The minimum Gasteiger partial charge on any atom is -0.385 e. The van der Waals surface area contributed by atoms with Crippen LogP contribution in [0.2, 0.25) is 0 Å². The average Bonchev–Trinajstić information content (AvgIpc) is 2.80. The summed E-state index contributed by atoms with van der Waals surface area (Å²) in [5.41, 5.74) is 0. The highest BCUT2D eigenvalue weighted by molar-refractivity contribution is 4.75. The number of hydrogen-bond acceptors (Lipinski definition) is 1. The average molecular weight is 254 g/mol. The monoisotopic (exact) mass is 254 g/mol. The van der Waals surface area contributed by atoms with Crippen molar-refractivity contribution >= 4 is 0 Å². The molecule has 0 aromatic heterocycles. The molecule has 3 unspecified atom stereocenters. The highest BCUT2D eigenvalue weighted by atomic mass is 16.5. The molecule has 0 N–H and O–H groups in total. The quantitative estimate of drug-likeness (QED) is 0.472. The largest absolute Gasteiger partial charge is 0.385 e. The third-order valence-corrected chi connectivity index (χ3v) is 4.71. The zero-order chi connectivity index (χ0) is 13.2. The maximum atomic E-state index is 5.10. The smallest absolute Gasteiger partial charge is 0.0462 e. The van der Waals surface area contributed by atoms with Crippen molar-refractivity contribution in [2.45, 2.75) is 78.1 Å². The van der Waals surface area contributed by atoms with E-state index in [0.717, 1.165) is 24.4 Å². The van der Waals surface area contributed by atoms with Gasteiger partial charge >= 0.3 is 0 Å². The lowest BCUT2D eigenvalue weighted by Gasteiger charge is -2.15. The Balaban J connectivity index is 1.99. The molecule has 1 heteroatoms. The van der Waals surface area contributed by atoms with Gasteiger partial charge in [-0.2, -0.15) is 0 Å². The lowest BCUT2D eigenvalue weighted by atomic mass is 9.91. The summed E-state index contributed by atoms with van der Waals surface area (Å²) in [5.74, 6) is 3.05. The molecule has 0 spiro atoms. The van der Waals surface area contributed by atoms with Crippen molar-refractivity contribution in [3.05, 3.63) is 0 Å². The van der Waals surface area contributed by atoms with E-state index in [0.29, 0.717) is 0 Å². The Labute approximate surface area is 115 Å². The van der Waals surface area contributed by atoms with Gasteiger partial charge in [0.15, 0.2) is 0 Å². The van der Waals surface area contributed by atoms with Crippen LogP contribution < -0.4 is 0 Å². The third kappa shape index (κ3) is 6.78. The number of ether oxygens (including phenoxy) is 1. The Morgan fingerprint density at radius 2 is 1.78 bits per heavy atom. The molecule has 18 heavy (non-hydrogen) atoms. The fourth-order valence-corrected chi connectivity index (χ4v) is 3.51. The maximum Gasteiger partial charge on any atom is 0.0462 e. The number of rotatable bonds is 10. The molecule has 0 aromatic rings. The molecular weight excluding hydrogens is 220 g/mol. The molecule has 1 aliphatic carbocycles. The second-order valence-corrected chi connectivity index (χ2v) is 6.50. The number of methoxy groups -OCH3 is 1. The molecule has 0 amide bonds. The van der Waals surface area contributed by atoms with Crippen LogP contribution >= 0.6 is 0 Å². The molecule has 0 aromatic carbocycles. The zero-order valence-electron chi connectivity index (χ0n) is 12.9. The van der Waals surface area contributed by atoms with Crippen LogP contribution in [0, 0.1) is 17.8 Å². The summed E-state index contributed by atoms with van der Waals surface area (Å²) in [5, 5.41) is 0. The van der Waals surface area contributed by atoms with E-state index in [4.69, 9.17) is 4.74 Å². The van der Waals surface area contributed by atoms with Crippen LogP contribution in [0.1, 0.15) is 78.1 Å².